The molecular formula is C14H14N6O. The van der Waals surface area contributed by atoms with Gasteiger partial charge >= 0.3 is 0 Å². The van der Waals surface area contributed by atoms with Crippen LogP contribution < -0.4 is 5.32 Å². The molecule has 3 rings (SSSR count). The summed E-state index contributed by atoms with van der Waals surface area (Å²) in [6.07, 6.45) is 3.06. The third-order valence-electron chi connectivity index (χ3n) is 3.20. The SMILES string of the molecule is Cc1cc(C(=O)Nc2ncn[nH]2)c(C)n1-c1ccccn1. The Hall–Kier alpha value is -2.96. The zero-order valence-electron chi connectivity index (χ0n) is 11.7. The predicted molar refractivity (Wildman–Crippen MR) is 77.4 cm³/mol. The van der Waals surface area contributed by atoms with E-state index in [4.69, 9.17) is 0 Å². The van der Waals surface area contributed by atoms with Crippen molar-refractivity contribution >= 4 is 11.9 Å². The van der Waals surface area contributed by atoms with Gasteiger partial charge in [0.1, 0.15) is 12.1 Å². The minimum Gasteiger partial charge on any atom is -0.302 e. The van der Waals surface area contributed by atoms with Crippen LogP contribution in [0, 0.1) is 13.8 Å². The minimum absolute atomic E-state index is 0.234. The Morgan fingerprint density at radius 2 is 2.14 bits per heavy atom. The summed E-state index contributed by atoms with van der Waals surface area (Å²) in [5, 5.41) is 8.96. The van der Waals surface area contributed by atoms with Gasteiger partial charge in [-0.2, -0.15) is 10.1 Å². The van der Waals surface area contributed by atoms with E-state index in [0.29, 0.717) is 11.5 Å². The molecule has 0 radical (unpaired) electrons. The lowest BCUT2D eigenvalue weighted by molar-refractivity contribution is 0.102. The molecule has 0 bridgehead atoms. The zero-order chi connectivity index (χ0) is 14.8. The molecule has 106 valence electrons. The first-order valence-corrected chi connectivity index (χ1v) is 6.44. The van der Waals surface area contributed by atoms with Crippen molar-refractivity contribution in [2.75, 3.05) is 5.32 Å². The molecule has 0 spiro atoms. The van der Waals surface area contributed by atoms with Gasteiger partial charge in [0.25, 0.3) is 5.91 Å². The van der Waals surface area contributed by atoms with Crippen LogP contribution in [0.15, 0.2) is 36.8 Å². The topological polar surface area (TPSA) is 88.5 Å². The Kier molecular flexibility index (Phi) is 3.23. The number of carbonyl (C=O) groups excluding carboxylic acids is 1. The third kappa shape index (κ3) is 2.40. The molecule has 0 aliphatic carbocycles. The van der Waals surface area contributed by atoms with E-state index in [2.05, 4.69) is 25.5 Å². The first-order chi connectivity index (χ1) is 10.2. The van der Waals surface area contributed by atoms with E-state index in [9.17, 15) is 4.79 Å². The van der Waals surface area contributed by atoms with E-state index in [0.717, 1.165) is 17.2 Å². The van der Waals surface area contributed by atoms with Crippen LogP contribution in [0.25, 0.3) is 5.82 Å². The normalized spacial score (nSPS) is 10.6. The van der Waals surface area contributed by atoms with E-state index in [-0.39, 0.29) is 5.91 Å². The highest BCUT2D eigenvalue weighted by molar-refractivity contribution is 6.04. The van der Waals surface area contributed by atoms with Gasteiger partial charge in [-0.05, 0) is 32.0 Å². The maximum absolute atomic E-state index is 12.3. The maximum Gasteiger partial charge on any atom is 0.259 e. The third-order valence-corrected chi connectivity index (χ3v) is 3.20. The molecule has 2 N–H and O–H groups in total. The number of nitrogens with zero attached hydrogens (tertiary/aromatic N) is 4. The fourth-order valence-electron chi connectivity index (χ4n) is 2.27. The lowest BCUT2D eigenvalue weighted by Gasteiger charge is -2.08. The summed E-state index contributed by atoms with van der Waals surface area (Å²) < 4.78 is 1.94. The van der Waals surface area contributed by atoms with Crippen molar-refractivity contribution in [2.24, 2.45) is 0 Å². The van der Waals surface area contributed by atoms with Crippen molar-refractivity contribution in [3.63, 3.8) is 0 Å². The van der Waals surface area contributed by atoms with Gasteiger partial charge < -0.3 is 4.57 Å². The molecule has 0 saturated heterocycles. The number of aromatic amines is 1. The van der Waals surface area contributed by atoms with Gasteiger partial charge in [-0.25, -0.2) is 10.1 Å². The minimum atomic E-state index is -0.234. The van der Waals surface area contributed by atoms with Crippen molar-refractivity contribution < 1.29 is 4.79 Å². The van der Waals surface area contributed by atoms with Crippen LogP contribution in [0.2, 0.25) is 0 Å². The molecule has 0 fully saturated rings. The number of aryl methyl sites for hydroxylation is 1. The van der Waals surface area contributed by atoms with Crippen molar-refractivity contribution in [2.45, 2.75) is 13.8 Å². The molecule has 7 heteroatoms. The van der Waals surface area contributed by atoms with Crippen molar-refractivity contribution in [3.05, 3.63) is 53.7 Å². The number of H-pyrrole nitrogens is 1. The molecule has 3 aromatic rings. The summed E-state index contributed by atoms with van der Waals surface area (Å²) in [6.45, 7) is 3.82. The predicted octanol–water partition coefficient (Wildman–Crippen LogP) is 1.86. The average molecular weight is 282 g/mol. The fraction of sp³-hybridized carbons (Fsp3) is 0.143. The number of hydrogen-bond acceptors (Lipinski definition) is 4. The Morgan fingerprint density at radius 1 is 1.29 bits per heavy atom. The first-order valence-electron chi connectivity index (χ1n) is 6.44. The number of aromatic nitrogens is 5. The Balaban J connectivity index is 1.96. The van der Waals surface area contributed by atoms with E-state index < -0.39 is 0 Å². The molecule has 1 amide bonds. The summed E-state index contributed by atoms with van der Waals surface area (Å²) in [5.74, 6) is 0.871. The molecule has 21 heavy (non-hydrogen) atoms. The average Bonchev–Trinajstić information content (AvgIpc) is 3.08. The largest absolute Gasteiger partial charge is 0.302 e. The number of anilines is 1. The molecule has 3 aromatic heterocycles. The molecule has 0 atom stereocenters. The number of carbonyl (C=O) groups is 1. The van der Waals surface area contributed by atoms with Crippen LogP contribution in [-0.4, -0.2) is 30.6 Å². The number of hydrogen-bond donors (Lipinski definition) is 2. The fourth-order valence-corrected chi connectivity index (χ4v) is 2.27. The van der Waals surface area contributed by atoms with Gasteiger partial charge in [0, 0.05) is 17.6 Å². The van der Waals surface area contributed by atoms with Crippen LogP contribution in [-0.2, 0) is 0 Å². The second-order valence-electron chi connectivity index (χ2n) is 4.60. The van der Waals surface area contributed by atoms with Gasteiger partial charge in [-0.1, -0.05) is 6.07 Å². The van der Waals surface area contributed by atoms with Crippen molar-refractivity contribution in [1.29, 1.82) is 0 Å². The van der Waals surface area contributed by atoms with Crippen molar-refractivity contribution in [3.8, 4) is 5.82 Å². The Bertz CT molecular complexity index is 760. The summed E-state index contributed by atoms with van der Waals surface area (Å²) in [4.78, 5) is 20.5. The molecule has 3 heterocycles. The molecule has 0 unspecified atom stereocenters. The first kappa shape index (κ1) is 13.0. The van der Waals surface area contributed by atoms with Crippen LogP contribution in [0.5, 0.6) is 0 Å². The monoisotopic (exact) mass is 282 g/mol. The van der Waals surface area contributed by atoms with Gasteiger partial charge in [-0.15, -0.1) is 0 Å². The number of nitrogens with one attached hydrogen (secondary N) is 2. The van der Waals surface area contributed by atoms with Crippen LogP contribution in [0.1, 0.15) is 21.7 Å². The summed E-state index contributed by atoms with van der Waals surface area (Å²) >= 11 is 0. The van der Waals surface area contributed by atoms with Crippen LogP contribution in [0.4, 0.5) is 5.95 Å². The standard InChI is InChI=1S/C14H14N6O/c1-9-7-11(13(21)18-14-16-8-17-19-14)10(2)20(9)12-5-3-4-6-15-12/h3-8H,1-2H3,(H2,16,17,18,19,21). The smallest absolute Gasteiger partial charge is 0.259 e. The Morgan fingerprint density at radius 3 is 2.81 bits per heavy atom. The lowest BCUT2D eigenvalue weighted by Crippen LogP contribution is -2.14. The van der Waals surface area contributed by atoms with Crippen LogP contribution >= 0.6 is 0 Å². The number of amides is 1. The molecule has 7 nitrogen and oxygen atoms in total. The molecule has 0 aromatic carbocycles. The highest BCUT2D eigenvalue weighted by Crippen LogP contribution is 2.20. The van der Waals surface area contributed by atoms with Crippen molar-refractivity contribution in [1.82, 2.24) is 24.7 Å². The zero-order valence-corrected chi connectivity index (χ0v) is 11.7. The number of pyridine rings is 1. The molecule has 0 aliphatic heterocycles. The second-order valence-corrected chi connectivity index (χ2v) is 4.60. The summed E-state index contributed by atoms with van der Waals surface area (Å²) in [5.41, 5.74) is 2.34. The van der Waals surface area contributed by atoms with E-state index >= 15 is 0 Å². The molecular weight excluding hydrogens is 268 g/mol. The maximum atomic E-state index is 12.3. The van der Waals surface area contributed by atoms with E-state index in [1.165, 1.54) is 6.33 Å². The summed E-state index contributed by atoms with van der Waals surface area (Å²) in [7, 11) is 0. The van der Waals surface area contributed by atoms with Crippen LogP contribution in [0.3, 0.4) is 0 Å². The Labute approximate surface area is 121 Å². The highest BCUT2D eigenvalue weighted by Gasteiger charge is 2.17. The van der Waals surface area contributed by atoms with Gasteiger partial charge in [0.2, 0.25) is 5.95 Å². The van der Waals surface area contributed by atoms with Gasteiger partial charge in [0.15, 0.2) is 0 Å². The second kappa shape index (κ2) is 5.20. The summed E-state index contributed by atoms with van der Waals surface area (Å²) in [6, 6.07) is 7.50. The molecule has 0 saturated carbocycles. The van der Waals surface area contributed by atoms with E-state index in [1.54, 1.807) is 6.20 Å². The molecule has 0 aliphatic rings. The highest BCUT2D eigenvalue weighted by atomic mass is 16.1. The lowest BCUT2D eigenvalue weighted by atomic mass is 10.2. The van der Waals surface area contributed by atoms with E-state index in [1.807, 2.05) is 42.7 Å². The quantitative estimate of drug-likeness (QED) is 0.767. The van der Waals surface area contributed by atoms with Gasteiger partial charge in [-0.3, -0.25) is 10.1 Å². The van der Waals surface area contributed by atoms with Gasteiger partial charge in [0.05, 0.1) is 5.56 Å². The number of rotatable bonds is 3.